The predicted molar refractivity (Wildman–Crippen MR) is 101 cm³/mol. The van der Waals surface area contributed by atoms with Crippen LogP contribution in [0.15, 0.2) is 65.3 Å². The standard InChI is InChI=1S/C21H20N2O4/c24-18(19-9-4-10-27-19)12-22-21(26)15-11-20(25)23(13-15)17-8-3-6-14-5-1-2-7-16(14)17/h1-10,15,18,24H,11-13H2,(H,22,26). The van der Waals surface area contributed by atoms with Crippen molar-refractivity contribution < 1.29 is 19.1 Å². The van der Waals surface area contributed by atoms with E-state index in [-0.39, 0.29) is 24.8 Å². The number of rotatable bonds is 5. The summed E-state index contributed by atoms with van der Waals surface area (Å²) < 4.78 is 5.12. The molecule has 1 aliphatic rings. The first-order valence-corrected chi connectivity index (χ1v) is 8.91. The minimum atomic E-state index is -0.907. The highest BCUT2D eigenvalue weighted by Gasteiger charge is 2.35. The first kappa shape index (κ1) is 17.3. The van der Waals surface area contributed by atoms with Crippen LogP contribution >= 0.6 is 0 Å². The molecule has 2 unspecified atom stereocenters. The fourth-order valence-corrected chi connectivity index (χ4v) is 3.48. The Labute approximate surface area is 156 Å². The maximum atomic E-state index is 12.5. The largest absolute Gasteiger partial charge is 0.467 e. The molecule has 1 aromatic heterocycles. The summed E-state index contributed by atoms with van der Waals surface area (Å²) in [5.41, 5.74) is 0.823. The molecule has 1 saturated heterocycles. The van der Waals surface area contributed by atoms with Gasteiger partial charge in [0.2, 0.25) is 11.8 Å². The van der Waals surface area contributed by atoms with Gasteiger partial charge in [-0.1, -0.05) is 36.4 Å². The summed E-state index contributed by atoms with van der Waals surface area (Å²) >= 11 is 0. The number of fused-ring (bicyclic) bond motifs is 1. The first-order valence-electron chi connectivity index (χ1n) is 8.91. The van der Waals surface area contributed by atoms with Gasteiger partial charge in [0.05, 0.1) is 24.4 Å². The van der Waals surface area contributed by atoms with E-state index in [0.29, 0.717) is 12.3 Å². The van der Waals surface area contributed by atoms with Crippen molar-refractivity contribution in [3.63, 3.8) is 0 Å². The third-order valence-corrected chi connectivity index (χ3v) is 4.89. The van der Waals surface area contributed by atoms with Gasteiger partial charge in [-0.05, 0) is 23.6 Å². The van der Waals surface area contributed by atoms with E-state index in [1.807, 2.05) is 42.5 Å². The van der Waals surface area contributed by atoms with E-state index in [1.54, 1.807) is 17.0 Å². The summed E-state index contributed by atoms with van der Waals surface area (Å²) in [6.45, 7) is 0.376. The van der Waals surface area contributed by atoms with Crippen molar-refractivity contribution in [2.24, 2.45) is 5.92 Å². The van der Waals surface area contributed by atoms with Crippen LogP contribution in [0, 0.1) is 5.92 Å². The lowest BCUT2D eigenvalue weighted by Gasteiger charge is -2.19. The zero-order valence-corrected chi connectivity index (χ0v) is 14.7. The number of benzene rings is 2. The maximum Gasteiger partial charge on any atom is 0.227 e. The Kier molecular flexibility index (Phi) is 4.64. The fraction of sp³-hybridized carbons (Fsp3) is 0.238. The predicted octanol–water partition coefficient (Wildman–Crippen LogP) is 2.64. The molecular formula is C21H20N2O4. The number of carbonyl (C=O) groups is 2. The van der Waals surface area contributed by atoms with Crippen LogP contribution < -0.4 is 10.2 Å². The highest BCUT2D eigenvalue weighted by atomic mass is 16.4. The average molecular weight is 364 g/mol. The SMILES string of the molecule is O=C(NCC(O)c1ccco1)C1CC(=O)N(c2cccc3ccccc23)C1. The van der Waals surface area contributed by atoms with Crippen molar-refractivity contribution in [1.82, 2.24) is 5.32 Å². The Morgan fingerprint density at radius 3 is 2.81 bits per heavy atom. The van der Waals surface area contributed by atoms with Crippen LogP contribution in [0.1, 0.15) is 18.3 Å². The molecule has 2 amide bonds. The molecular weight excluding hydrogens is 344 g/mol. The van der Waals surface area contributed by atoms with Crippen LogP contribution in [0.2, 0.25) is 0 Å². The molecule has 3 aromatic rings. The summed E-state index contributed by atoms with van der Waals surface area (Å²) in [7, 11) is 0. The van der Waals surface area contributed by atoms with E-state index >= 15 is 0 Å². The molecule has 138 valence electrons. The Bertz CT molecular complexity index is 962. The molecule has 2 aromatic carbocycles. The van der Waals surface area contributed by atoms with E-state index in [2.05, 4.69) is 5.32 Å². The third kappa shape index (κ3) is 3.44. The van der Waals surface area contributed by atoms with Gasteiger partial charge in [-0.15, -0.1) is 0 Å². The maximum absolute atomic E-state index is 12.5. The van der Waals surface area contributed by atoms with Crippen LogP contribution in [0.25, 0.3) is 10.8 Å². The third-order valence-electron chi connectivity index (χ3n) is 4.89. The summed E-state index contributed by atoms with van der Waals surface area (Å²) in [6, 6.07) is 17.0. The topological polar surface area (TPSA) is 82.8 Å². The number of anilines is 1. The van der Waals surface area contributed by atoms with Crippen molar-refractivity contribution in [2.75, 3.05) is 18.0 Å². The highest BCUT2D eigenvalue weighted by molar-refractivity contribution is 6.06. The second-order valence-electron chi connectivity index (χ2n) is 6.68. The van der Waals surface area contributed by atoms with Crippen LogP contribution in [0.3, 0.4) is 0 Å². The summed E-state index contributed by atoms with van der Waals surface area (Å²) in [5, 5.41) is 14.8. The number of carbonyl (C=O) groups excluding carboxylic acids is 2. The smallest absolute Gasteiger partial charge is 0.227 e. The van der Waals surface area contributed by atoms with E-state index in [1.165, 1.54) is 6.26 Å². The van der Waals surface area contributed by atoms with Gasteiger partial charge in [0.1, 0.15) is 11.9 Å². The van der Waals surface area contributed by atoms with E-state index in [0.717, 1.165) is 16.5 Å². The lowest BCUT2D eigenvalue weighted by molar-refractivity contribution is -0.126. The fourth-order valence-electron chi connectivity index (χ4n) is 3.48. The van der Waals surface area contributed by atoms with Gasteiger partial charge in [-0.2, -0.15) is 0 Å². The van der Waals surface area contributed by atoms with Crippen LogP contribution in [0.5, 0.6) is 0 Å². The molecule has 0 radical (unpaired) electrons. The first-order chi connectivity index (χ1) is 13.1. The summed E-state index contributed by atoms with van der Waals surface area (Å²) in [5.74, 6) is -0.356. The second kappa shape index (κ2) is 7.25. The van der Waals surface area contributed by atoms with Crippen molar-refractivity contribution in [1.29, 1.82) is 0 Å². The van der Waals surface area contributed by atoms with Gasteiger partial charge in [-0.3, -0.25) is 9.59 Å². The van der Waals surface area contributed by atoms with Gasteiger partial charge in [0.25, 0.3) is 0 Å². The number of amides is 2. The Hall–Kier alpha value is -3.12. The van der Waals surface area contributed by atoms with Gasteiger partial charge in [0.15, 0.2) is 0 Å². The molecule has 6 heteroatoms. The summed E-state index contributed by atoms with van der Waals surface area (Å²) in [6.07, 6.45) is 0.722. The molecule has 0 spiro atoms. The Morgan fingerprint density at radius 2 is 2.00 bits per heavy atom. The molecule has 1 fully saturated rings. The van der Waals surface area contributed by atoms with Gasteiger partial charge < -0.3 is 19.7 Å². The van der Waals surface area contributed by atoms with Gasteiger partial charge >= 0.3 is 0 Å². The van der Waals surface area contributed by atoms with Crippen LogP contribution in [0.4, 0.5) is 5.69 Å². The molecule has 2 atom stereocenters. The highest BCUT2D eigenvalue weighted by Crippen LogP contribution is 2.31. The van der Waals surface area contributed by atoms with Gasteiger partial charge in [-0.25, -0.2) is 0 Å². The number of hydrogen-bond acceptors (Lipinski definition) is 4. The summed E-state index contributed by atoms with van der Waals surface area (Å²) in [4.78, 5) is 26.7. The number of nitrogens with zero attached hydrogens (tertiary/aromatic N) is 1. The zero-order chi connectivity index (χ0) is 18.8. The Balaban J connectivity index is 1.45. The number of nitrogens with one attached hydrogen (secondary N) is 1. The molecule has 0 aliphatic carbocycles. The number of aliphatic hydroxyl groups is 1. The average Bonchev–Trinajstić information content (AvgIpc) is 3.35. The van der Waals surface area contributed by atoms with E-state index < -0.39 is 12.0 Å². The van der Waals surface area contributed by atoms with Crippen molar-refractivity contribution in [2.45, 2.75) is 12.5 Å². The van der Waals surface area contributed by atoms with Crippen molar-refractivity contribution >= 4 is 28.3 Å². The lowest BCUT2D eigenvalue weighted by atomic mass is 10.1. The lowest BCUT2D eigenvalue weighted by Crippen LogP contribution is -2.35. The second-order valence-corrected chi connectivity index (χ2v) is 6.68. The molecule has 0 saturated carbocycles. The minimum Gasteiger partial charge on any atom is -0.467 e. The molecule has 4 rings (SSSR count). The van der Waals surface area contributed by atoms with E-state index in [9.17, 15) is 14.7 Å². The Morgan fingerprint density at radius 1 is 1.19 bits per heavy atom. The molecule has 2 N–H and O–H groups in total. The van der Waals surface area contributed by atoms with E-state index in [4.69, 9.17) is 4.42 Å². The molecule has 1 aliphatic heterocycles. The van der Waals surface area contributed by atoms with Crippen molar-refractivity contribution in [3.05, 3.63) is 66.6 Å². The number of hydrogen-bond donors (Lipinski definition) is 2. The van der Waals surface area contributed by atoms with Crippen LogP contribution in [-0.2, 0) is 9.59 Å². The minimum absolute atomic E-state index is 0.0469. The molecule has 27 heavy (non-hydrogen) atoms. The van der Waals surface area contributed by atoms with Crippen molar-refractivity contribution in [3.8, 4) is 0 Å². The number of aliphatic hydroxyl groups excluding tert-OH is 1. The molecule has 0 bridgehead atoms. The molecule has 2 heterocycles. The molecule has 6 nitrogen and oxygen atoms in total. The quantitative estimate of drug-likeness (QED) is 0.729. The van der Waals surface area contributed by atoms with Gasteiger partial charge in [0, 0.05) is 18.4 Å². The normalized spacial score (nSPS) is 18.0. The number of furan rings is 1. The zero-order valence-electron chi connectivity index (χ0n) is 14.7. The monoisotopic (exact) mass is 364 g/mol. The van der Waals surface area contributed by atoms with Crippen LogP contribution in [-0.4, -0.2) is 30.0 Å².